The van der Waals surface area contributed by atoms with Crippen molar-refractivity contribution < 1.29 is 8.78 Å². The molecule has 2 aliphatic carbocycles. The lowest BCUT2D eigenvalue weighted by atomic mass is 9.75. The minimum Gasteiger partial charge on any atom is -0.262 e. The van der Waals surface area contributed by atoms with Crippen molar-refractivity contribution in [2.24, 2.45) is 0 Å². The van der Waals surface area contributed by atoms with Gasteiger partial charge in [0.25, 0.3) is 0 Å². The summed E-state index contributed by atoms with van der Waals surface area (Å²) in [6, 6.07) is 4.00. The third-order valence-electron chi connectivity index (χ3n) is 5.98. The summed E-state index contributed by atoms with van der Waals surface area (Å²) in [7, 11) is 0. The van der Waals surface area contributed by atoms with Crippen molar-refractivity contribution in [3.05, 3.63) is 41.0 Å². The summed E-state index contributed by atoms with van der Waals surface area (Å²) in [6.07, 6.45) is 6.48. The monoisotopic (exact) mass is 396 g/mol. The normalized spacial score (nSPS) is 18.7. The highest BCUT2D eigenvalue weighted by Gasteiger charge is 2.48. The fourth-order valence-electron chi connectivity index (χ4n) is 4.60. The van der Waals surface area contributed by atoms with E-state index in [1.165, 1.54) is 5.56 Å². The molecule has 3 heterocycles. The van der Waals surface area contributed by atoms with Crippen molar-refractivity contribution in [3.8, 4) is 22.5 Å². The number of nitrogens with one attached hydrogen (secondary N) is 1. The maximum atomic E-state index is 13.7. The summed E-state index contributed by atoms with van der Waals surface area (Å²) in [5.74, 6) is -2.51. The van der Waals surface area contributed by atoms with E-state index >= 15 is 0 Å². The van der Waals surface area contributed by atoms with Gasteiger partial charge in [-0.1, -0.05) is 6.42 Å². The molecular weight excluding hydrogens is 374 g/mol. The first-order chi connectivity index (χ1) is 14.0. The lowest BCUT2D eigenvalue weighted by molar-refractivity contribution is -0.0875. The van der Waals surface area contributed by atoms with E-state index in [1.807, 2.05) is 19.1 Å². The summed E-state index contributed by atoms with van der Waals surface area (Å²) < 4.78 is 27.5. The maximum Gasteiger partial charge on any atom is 0.249 e. The summed E-state index contributed by atoms with van der Waals surface area (Å²) in [4.78, 5) is 9.28. The van der Waals surface area contributed by atoms with E-state index in [-0.39, 0.29) is 18.8 Å². The predicted octanol–water partition coefficient (Wildman–Crippen LogP) is 4.41. The van der Waals surface area contributed by atoms with Gasteiger partial charge in [0.2, 0.25) is 11.7 Å². The third-order valence-corrected chi connectivity index (χ3v) is 5.98. The number of hydrogen-bond donors (Lipinski definition) is 1. The minimum atomic E-state index is -2.62. The van der Waals surface area contributed by atoms with Crippen LogP contribution in [0.2, 0.25) is 0 Å². The molecule has 0 amide bonds. The molecule has 0 saturated heterocycles. The molecule has 8 heteroatoms. The van der Waals surface area contributed by atoms with Crippen LogP contribution in [0.15, 0.2) is 18.3 Å². The number of hydrogen-bond acceptors (Lipinski definition) is 5. The number of aromatic amines is 1. The zero-order valence-electron chi connectivity index (χ0n) is 16.3. The molecule has 0 atom stereocenters. The van der Waals surface area contributed by atoms with Gasteiger partial charge in [-0.25, -0.2) is 8.78 Å². The highest BCUT2D eigenvalue weighted by Crippen LogP contribution is 2.52. The number of aromatic nitrogens is 6. The highest BCUT2D eigenvalue weighted by atomic mass is 19.3. The zero-order chi connectivity index (χ0) is 20.0. The number of halogens is 2. The first kappa shape index (κ1) is 18.3. The summed E-state index contributed by atoms with van der Waals surface area (Å²) in [5.41, 5.74) is 6.55. The Labute approximate surface area is 167 Å². The molecule has 0 aliphatic heterocycles. The maximum absolute atomic E-state index is 13.7. The molecule has 3 aromatic heterocycles. The Morgan fingerprint density at radius 2 is 1.93 bits per heavy atom. The highest BCUT2D eigenvalue weighted by molar-refractivity contribution is 5.85. The quantitative estimate of drug-likeness (QED) is 0.663. The standard InChI is InChI=1S/C21H22F2N6/c1-12-9-13(7-8-24-12)17-15-5-3-2-4-6-16(15)25-19(14-10-21(22,23)11-14)18(17)20-26-28-29-27-20/h7-9,14H,2-6,10-11H2,1H3,(H,26,27,28,29). The van der Waals surface area contributed by atoms with Crippen LogP contribution in [-0.4, -0.2) is 36.5 Å². The first-order valence-electron chi connectivity index (χ1n) is 10.1. The molecule has 6 nitrogen and oxygen atoms in total. The van der Waals surface area contributed by atoms with Crippen molar-refractivity contribution in [2.75, 3.05) is 0 Å². The molecule has 0 unspecified atom stereocenters. The number of aryl methyl sites for hydroxylation is 2. The smallest absolute Gasteiger partial charge is 0.249 e. The van der Waals surface area contributed by atoms with E-state index in [9.17, 15) is 8.78 Å². The third kappa shape index (κ3) is 3.30. The van der Waals surface area contributed by atoms with Gasteiger partial charge in [0.05, 0.1) is 11.3 Å². The van der Waals surface area contributed by atoms with E-state index in [4.69, 9.17) is 4.98 Å². The van der Waals surface area contributed by atoms with Crippen LogP contribution in [0.3, 0.4) is 0 Å². The topological polar surface area (TPSA) is 80.2 Å². The molecule has 0 aromatic carbocycles. The van der Waals surface area contributed by atoms with Crippen LogP contribution < -0.4 is 0 Å². The van der Waals surface area contributed by atoms with Crippen LogP contribution in [0.4, 0.5) is 8.78 Å². The number of tetrazole rings is 1. The van der Waals surface area contributed by atoms with Crippen LogP contribution in [0.5, 0.6) is 0 Å². The number of pyridine rings is 2. The van der Waals surface area contributed by atoms with Crippen LogP contribution in [0.1, 0.15) is 60.7 Å². The SMILES string of the molecule is Cc1cc(-c2c3c(nc(C4CC(F)(F)C4)c2-c2nn[nH]n2)CCCCC3)ccn1. The van der Waals surface area contributed by atoms with Crippen LogP contribution >= 0.6 is 0 Å². The van der Waals surface area contributed by atoms with Crippen molar-refractivity contribution in [1.82, 2.24) is 30.6 Å². The molecule has 0 radical (unpaired) electrons. The van der Waals surface area contributed by atoms with Gasteiger partial charge in [0.15, 0.2) is 0 Å². The first-order valence-corrected chi connectivity index (χ1v) is 10.1. The van der Waals surface area contributed by atoms with Crippen molar-refractivity contribution in [1.29, 1.82) is 0 Å². The van der Waals surface area contributed by atoms with Gasteiger partial charge in [0, 0.05) is 36.3 Å². The van der Waals surface area contributed by atoms with Gasteiger partial charge < -0.3 is 0 Å². The average Bonchev–Trinajstić information content (AvgIpc) is 3.10. The van der Waals surface area contributed by atoms with E-state index in [0.717, 1.165) is 60.2 Å². The second-order valence-electron chi connectivity index (χ2n) is 8.12. The van der Waals surface area contributed by atoms with E-state index < -0.39 is 5.92 Å². The van der Waals surface area contributed by atoms with Crippen molar-refractivity contribution in [3.63, 3.8) is 0 Å². The molecule has 29 heavy (non-hydrogen) atoms. The van der Waals surface area contributed by atoms with Crippen molar-refractivity contribution in [2.45, 2.75) is 63.7 Å². The number of H-pyrrole nitrogens is 1. The second-order valence-corrected chi connectivity index (χ2v) is 8.12. The molecule has 0 spiro atoms. The summed E-state index contributed by atoms with van der Waals surface area (Å²) in [5, 5.41) is 14.7. The van der Waals surface area contributed by atoms with E-state index in [0.29, 0.717) is 11.5 Å². The zero-order valence-corrected chi connectivity index (χ0v) is 16.3. The molecule has 1 fully saturated rings. The Balaban J connectivity index is 1.80. The molecule has 3 aromatic rings. The van der Waals surface area contributed by atoms with Crippen LogP contribution in [0.25, 0.3) is 22.5 Å². The average molecular weight is 396 g/mol. The Kier molecular flexibility index (Phi) is 4.37. The lowest BCUT2D eigenvalue weighted by Crippen LogP contribution is -2.34. The van der Waals surface area contributed by atoms with Gasteiger partial charge in [-0.15, -0.1) is 10.2 Å². The predicted molar refractivity (Wildman–Crippen MR) is 104 cm³/mol. The summed E-state index contributed by atoms with van der Waals surface area (Å²) in [6.45, 7) is 1.95. The molecule has 2 aliphatic rings. The number of rotatable bonds is 3. The second kappa shape index (κ2) is 6.93. The molecule has 150 valence electrons. The van der Waals surface area contributed by atoms with Gasteiger partial charge in [-0.3, -0.25) is 9.97 Å². The minimum absolute atomic E-state index is 0.182. The lowest BCUT2D eigenvalue weighted by Gasteiger charge is -2.36. The van der Waals surface area contributed by atoms with Crippen molar-refractivity contribution >= 4 is 0 Å². The number of alkyl halides is 2. The molecular formula is C21H22F2N6. The fraction of sp³-hybridized carbons (Fsp3) is 0.476. The largest absolute Gasteiger partial charge is 0.262 e. The molecule has 5 rings (SSSR count). The van der Waals surface area contributed by atoms with Gasteiger partial charge >= 0.3 is 0 Å². The Morgan fingerprint density at radius 1 is 1.10 bits per heavy atom. The van der Waals surface area contributed by atoms with Gasteiger partial charge in [-0.05, 0) is 66.6 Å². The van der Waals surface area contributed by atoms with E-state index in [1.54, 1.807) is 6.20 Å². The van der Waals surface area contributed by atoms with E-state index in [2.05, 4.69) is 25.6 Å². The Morgan fingerprint density at radius 3 is 2.66 bits per heavy atom. The molecule has 1 saturated carbocycles. The summed E-state index contributed by atoms with van der Waals surface area (Å²) >= 11 is 0. The Hall–Kier alpha value is -2.77. The fourth-order valence-corrected chi connectivity index (χ4v) is 4.60. The van der Waals surface area contributed by atoms with Crippen LogP contribution in [0, 0.1) is 6.92 Å². The molecule has 1 N–H and O–H groups in total. The van der Waals surface area contributed by atoms with Gasteiger partial charge in [0.1, 0.15) is 0 Å². The molecule has 0 bridgehead atoms. The van der Waals surface area contributed by atoms with Crippen LogP contribution in [-0.2, 0) is 12.8 Å². The number of fused-ring (bicyclic) bond motifs is 1. The number of nitrogens with zero attached hydrogens (tertiary/aromatic N) is 5. The van der Waals surface area contributed by atoms with Gasteiger partial charge in [-0.2, -0.15) is 5.21 Å². The Bertz CT molecular complexity index is 1040.